The van der Waals surface area contributed by atoms with Crippen LogP contribution in [0.3, 0.4) is 0 Å². The van der Waals surface area contributed by atoms with Crippen molar-refractivity contribution in [3.8, 4) is 0 Å². The number of carboxylic acids is 1. The minimum atomic E-state index is -0.831. The number of hydrogen-bond donors (Lipinski definition) is 3. The molecule has 0 saturated carbocycles. The number of rotatable bonds is 7. The average Bonchev–Trinajstić information content (AvgIpc) is 2.71. The molecule has 1 aliphatic heterocycles. The molecule has 0 radical (unpaired) electrons. The Kier molecular flexibility index (Phi) is 6.27. The predicted molar refractivity (Wildman–Crippen MR) is 68.5 cm³/mol. The maximum atomic E-state index is 11.7. The van der Waals surface area contributed by atoms with Crippen LogP contribution in [-0.2, 0) is 14.4 Å². The molecule has 1 rings (SSSR count). The van der Waals surface area contributed by atoms with Gasteiger partial charge in [-0.3, -0.25) is 19.3 Å². The van der Waals surface area contributed by atoms with Crippen LogP contribution < -0.4 is 10.6 Å². The molecular weight excluding hydrogens is 250 g/mol. The highest BCUT2D eigenvalue weighted by molar-refractivity contribution is 5.78. The summed E-state index contributed by atoms with van der Waals surface area (Å²) >= 11 is 0. The van der Waals surface area contributed by atoms with E-state index in [1.54, 1.807) is 0 Å². The topological polar surface area (TPSA) is 98.7 Å². The fourth-order valence-corrected chi connectivity index (χ4v) is 2.22. The molecule has 1 saturated heterocycles. The van der Waals surface area contributed by atoms with Gasteiger partial charge in [0.1, 0.15) is 0 Å². The van der Waals surface area contributed by atoms with Crippen LogP contribution in [0.2, 0.25) is 0 Å². The highest BCUT2D eigenvalue weighted by atomic mass is 16.4. The van der Waals surface area contributed by atoms with Crippen molar-refractivity contribution in [2.75, 3.05) is 26.2 Å². The Labute approximate surface area is 112 Å². The summed E-state index contributed by atoms with van der Waals surface area (Å²) in [4.78, 5) is 34.9. The summed E-state index contributed by atoms with van der Waals surface area (Å²) in [6.07, 6.45) is 1.84. The first-order chi connectivity index (χ1) is 8.99. The number of aliphatic carboxylic acids is 1. The molecular formula is C12H21N3O4. The number of nitrogens with zero attached hydrogens (tertiary/aromatic N) is 1. The summed E-state index contributed by atoms with van der Waals surface area (Å²) in [5.41, 5.74) is 0. The van der Waals surface area contributed by atoms with Crippen molar-refractivity contribution in [3.63, 3.8) is 0 Å². The molecule has 1 atom stereocenters. The maximum Gasteiger partial charge on any atom is 0.304 e. The van der Waals surface area contributed by atoms with E-state index in [9.17, 15) is 14.4 Å². The number of amides is 2. The second-order valence-electron chi connectivity index (χ2n) is 4.70. The molecule has 0 aliphatic carbocycles. The number of carbonyl (C=O) groups is 3. The zero-order valence-corrected chi connectivity index (χ0v) is 11.1. The molecule has 1 fully saturated rings. The van der Waals surface area contributed by atoms with Crippen molar-refractivity contribution in [2.45, 2.75) is 32.2 Å². The summed E-state index contributed by atoms with van der Waals surface area (Å²) in [5, 5.41) is 14.1. The fraction of sp³-hybridized carbons (Fsp3) is 0.750. The second kappa shape index (κ2) is 7.73. The number of carboxylic acid groups (broad SMARTS) is 1. The lowest BCUT2D eigenvalue weighted by Crippen LogP contribution is -2.42. The van der Waals surface area contributed by atoms with Gasteiger partial charge < -0.3 is 15.7 Å². The number of carbonyl (C=O) groups excluding carboxylic acids is 2. The number of hydrogen-bond acceptors (Lipinski definition) is 4. The van der Waals surface area contributed by atoms with Gasteiger partial charge in [0, 0.05) is 26.1 Å². The highest BCUT2D eigenvalue weighted by Gasteiger charge is 2.27. The summed E-state index contributed by atoms with van der Waals surface area (Å²) in [7, 11) is 0. The third-order valence-corrected chi connectivity index (χ3v) is 3.08. The molecule has 108 valence electrons. The van der Waals surface area contributed by atoms with Gasteiger partial charge in [-0.1, -0.05) is 0 Å². The fourth-order valence-electron chi connectivity index (χ4n) is 2.22. The molecule has 19 heavy (non-hydrogen) atoms. The first-order valence-electron chi connectivity index (χ1n) is 6.46. The molecule has 1 unspecified atom stereocenters. The lowest BCUT2D eigenvalue weighted by molar-refractivity contribution is -0.138. The summed E-state index contributed by atoms with van der Waals surface area (Å²) in [6, 6.07) is -0.0430. The van der Waals surface area contributed by atoms with Crippen LogP contribution in [0.25, 0.3) is 0 Å². The minimum Gasteiger partial charge on any atom is -0.481 e. The zero-order valence-electron chi connectivity index (χ0n) is 11.1. The first-order valence-corrected chi connectivity index (χ1v) is 6.46. The van der Waals surface area contributed by atoms with Gasteiger partial charge in [0.2, 0.25) is 11.8 Å². The molecule has 7 heteroatoms. The number of nitrogens with one attached hydrogen (secondary N) is 2. The lowest BCUT2D eigenvalue weighted by atomic mass is 10.1. The van der Waals surface area contributed by atoms with E-state index in [1.165, 1.54) is 6.92 Å². The number of likely N-dealkylation sites (tertiary alicyclic amines) is 1. The van der Waals surface area contributed by atoms with Crippen LogP contribution in [-0.4, -0.2) is 60.0 Å². The molecule has 1 heterocycles. The van der Waals surface area contributed by atoms with Crippen LogP contribution >= 0.6 is 0 Å². The SMILES string of the molecule is CC(=O)NCCNC(=O)CN1CCCC1CC(=O)O. The molecule has 0 aromatic carbocycles. The molecule has 3 N–H and O–H groups in total. The Morgan fingerprint density at radius 2 is 1.95 bits per heavy atom. The molecule has 0 spiro atoms. The van der Waals surface area contributed by atoms with E-state index in [4.69, 9.17) is 5.11 Å². The first kappa shape index (κ1) is 15.4. The van der Waals surface area contributed by atoms with Crippen molar-refractivity contribution in [3.05, 3.63) is 0 Å². The van der Waals surface area contributed by atoms with Gasteiger partial charge in [-0.15, -0.1) is 0 Å². The van der Waals surface area contributed by atoms with Crippen molar-refractivity contribution < 1.29 is 19.5 Å². The van der Waals surface area contributed by atoms with E-state index < -0.39 is 5.97 Å². The Morgan fingerprint density at radius 1 is 1.26 bits per heavy atom. The van der Waals surface area contributed by atoms with Crippen LogP contribution in [0.1, 0.15) is 26.2 Å². The van der Waals surface area contributed by atoms with E-state index in [1.807, 2.05) is 4.90 Å². The van der Waals surface area contributed by atoms with E-state index in [0.717, 1.165) is 19.4 Å². The Bertz CT molecular complexity index is 346. The molecule has 0 bridgehead atoms. The summed E-state index contributed by atoms with van der Waals surface area (Å²) in [5.74, 6) is -1.10. The molecule has 0 aromatic heterocycles. The monoisotopic (exact) mass is 271 g/mol. The van der Waals surface area contributed by atoms with Crippen molar-refractivity contribution in [1.29, 1.82) is 0 Å². The average molecular weight is 271 g/mol. The van der Waals surface area contributed by atoms with E-state index in [2.05, 4.69) is 10.6 Å². The molecule has 1 aliphatic rings. The van der Waals surface area contributed by atoms with Gasteiger partial charge >= 0.3 is 5.97 Å². The normalized spacial score (nSPS) is 19.1. The largest absolute Gasteiger partial charge is 0.481 e. The van der Waals surface area contributed by atoms with Gasteiger partial charge in [-0.25, -0.2) is 0 Å². The molecule has 2 amide bonds. The lowest BCUT2D eigenvalue weighted by Gasteiger charge is -2.22. The summed E-state index contributed by atoms with van der Waals surface area (Å²) in [6.45, 7) is 3.19. The van der Waals surface area contributed by atoms with Crippen molar-refractivity contribution in [2.24, 2.45) is 0 Å². The summed E-state index contributed by atoms with van der Waals surface area (Å²) < 4.78 is 0. The quantitative estimate of drug-likeness (QED) is 0.525. The van der Waals surface area contributed by atoms with Crippen molar-refractivity contribution >= 4 is 17.8 Å². The standard InChI is InChI=1S/C12H21N3O4/c1-9(16)13-4-5-14-11(17)8-15-6-2-3-10(15)7-12(18)19/h10H,2-8H2,1H3,(H,13,16)(H,14,17)(H,18,19). The highest BCUT2D eigenvalue weighted by Crippen LogP contribution is 2.19. The molecule has 0 aromatic rings. The van der Waals surface area contributed by atoms with Gasteiger partial charge in [-0.2, -0.15) is 0 Å². The van der Waals surface area contributed by atoms with Crippen LogP contribution in [0.15, 0.2) is 0 Å². The minimum absolute atomic E-state index is 0.0430. The Balaban J connectivity index is 2.23. The third kappa shape index (κ3) is 6.19. The van der Waals surface area contributed by atoms with Crippen LogP contribution in [0, 0.1) is 0 Å². The maximum absolute atomic E-state index is 11.7. The Hall–Kier alpha value is -1.63. The van der Waals surface area contributed by atoms with E-state index >= 15 is 0 Å². The van der Waals surface area contributed by atoms with Crippen LogP contribution in [0.4, 0.5) is 0 Å². The smallest absolute Gasteiger partial charge is 0.304 e. The third-order valence-electron chi connectivity index (χ3n) is 3.08. The van der Waals surface area contributed by atoms with Gasteiger partial charge in [-0.05, 0) is 19.4 Å². The van der Waals surface area contributed by atoms with E-state index in [-0.39, 0.29) is 30.8 Å². The van der Waals surface area contributed by atoms with Gasteiger partial charge in [0.25, 0.3) is 0 Å². The Morgan fingerprint density at radius 3 is 2.58 bits per heavy atom. The molecule has 7 nitrogen and oxygen atoms in total. The van der Waals surface area contributed by atoms with Gasteiger partial charge in [0.05, 0.1) is 13.0 Å². The zero-order chi connectivity index (χ0) is 14.3. The predicted octanol–water partition coefficient (Wildman–Crippen LogP) is -0.822. The second-order valence-corrected chi connectivity index (χ2v) is 4.70. The van der Waals surface area contributed by atoms with Crippen LogP contribution in [0.5, 0.6) is 0 Å². The van der Waals surface area contributed by atoms with Crippen molar-refractivity contribution in [1.82, 2.24) is 15.5 Å². The van der Waals surface area contributed by atoms with Gasteiger partial charge in [0.15, 0.2) is 0 Å². The van der Waals surface area contributed by atoms with E-state index in [0.29, 0.717) is 13.1 Å².